The first kappa shape index (κ1) is 15.1. The van der Waals surface area contributed by atoms with Gasteiger partial charge in [0.25, 0.3) is 0 Å². The van der Waals surface area contributed by atoms with Crippen LogP contribution in [0.15, 0.2) is 30.3 Å². The first-order valence-corrected chi connectivity index (χ1v) is 6.42. The van der Waals surface area contributed by atoms with Crippen molar-refractivity contribution in [2.45, 2.75) is 17.6 Å². The van der Waals surface area contributed by atoms with Gasteiger partial charge in [0.2, 0.25) is 0 Å². The number of esters is 1. The van der Waals surface area contributed by atoms with Crippen LogP contribution < -0.4 is 0 Å². The highest BCUT2D eigenvalue weighted by Crippen LogP contribution is 2.36. The summed E-state index contributed by atoms with van der Waals surface area (Å²) in [6.07, 6.45) is 1.08. The molecule has 1 aromatic carbocycles. The van der Waals surface area contributed by atoms with Crippen LogP contribution >= 0.6 is 12.6 Å². The van der Waals surface area contributed by atoms with Gasteiger partial charge in [-0.15, -0.1) is 0 Å². The molecule has 1 unspecified atom stereocenters. The van der Waals surface area contributed by atoms with Gasteiger partial charge >= 0.3 is 5.97 Å². The van der Waals surface area contributed by atoms with Crippen LogP contribution in [0.2, 0.25) is 0 Å². The average molecular weight is 267 g/mol. The van der Waals surface area contributed by atoms with Crippen molar-refractivity contribution >= 4 is 18.6 Å². The molecule has 0 radical (unpaired) electrons. The molecule has 0 aliphatic carbocycles. The first-order chi connectivity index (χ1) is 8.48. The van der Waals surface area contributed by atoms with E-state index in [-0.39, 0.29) is 12.4 Å². The molecule has 4 heteroatoms. The van der Waals surface area contributed by atoms with E-state index in [4.69, 9.17) is 17.4 Å². The van der Waals surface area contributed by atoms with E-state index >= 15 is 0 Å². The minimum Gasteiger partial charge on any atom is -0.469 e. The molecule has 1 aromatic rings. The van der Waals surface area contributed by atoms with Gasteiger partial charge in [-0.25, -0.2) is 0 Å². The predicted molar refractivity (Wildman–Crippen MR) is 76.9 cm³/mol. The lowest BCUT2D eigenvalue weighted by Crippen LogP contribution is -2.28. The normalized spacial score (nSPS) is 14.3. The molecule has 0 saturated heterocycles. The molecule has 18 heavy (non-hydrogen) atoms. The van der Waals surface area contributed by atoms with Crippen molar-refractivity contribution in [1.29, 1.82) is 0 Å². The number of rotatable bonds is 6. The monoisotopic (exact) mass is 267 g/mol. The van der Waals surface area contributed by atoms with Gasteiger partial charge < -0.3 is 9.64 Å². The number of carbonyl (C=O) groups is 1. The first-order valence-electron chi connectivity index (χ1n) is 5.97. The molecule has 100 valence electrons. The van der Waals surface area contributed by atoms with Gasteiger partial charge in [-0.1, -0.05) is 30.3 Å². The number of carbonyl (C=O) groups excluding carboxylic acids is 1. The van der Waals surface area contributed by atoms with Crippen molar-refractivity contribution in [3.8, 4) is 0 Å². The van der Waals surface area contributed by atoms with Crippen LogP contribution in [0.3, 0.4) is 0 Å². The Labute approximate surface area is 115 Å². The van der Waals surface area contributed by atoms with Crippen molar-refractivity contribution in [1.82, 2.24) is 4.90 Å². The molecule has 0 aromatic heterocycles. The molecular formula is C14H21NO2S. The Morgan fingerprint density at radius 3 is 2.44 bits per heavy atom. The quantitative estimate of drug-likeness (QED) is 0.633. The Kier molecular flexibility index (Phi) is 5.69. The molecule has 3 nitrogen and oxygen atoms in total. The van der Waals surface area contributed by atoms with E-state index in [0.717, 1.165) is 18.5 Å². The molecule has 1 rings (SSSR count). The van der Waals surface area contributed by atoms with Gasteiger partial charge in [-0.2, -0.15) is 12.6 Å². The topological polar surface area (TPSA) is 29.5 Å². The second-order valence-electron chi connectivity index (χ2n) is 4.70. The van der Waals surface area contributed by atoms with Gasteiger partial charge in [-0.05, 0) is 32.6 Å². The van der Waals surface area contributed by atoms with Crippen LogP contribution in [0.5, 0.6) is 0 Å². The summed E-state index contributed by atoms with van der Waals surface area (Å²) < 4.78 is 4.30. The summed E-state index contributed by atoms with van der Waals surface area (Å²) in [5.41, 5.74) is 1.06. The molecule has 0 aliphatic rings. The van der Waals surface area contributed by atoms with E-state index in [1.54, 1.807) is 0 Å². The van der Waals surface area contributed by atoms with Crippen LogP contribution in [0.25, 0.3) is 0 Å². The lowest BCUT2D eigenvalue weighted by molar-refractivity contribution is -0.141. The zero-order valence-corrected chi connectivity index (χ0v) is 12.1. The maximum atomic E-state index is 11.6. The summed E-state index contributed by atoms with van der Waals surface area (Å²) in [5, 5.41) is 0. The van der Waals surface area contributed by atoms with E-state index in [1.165, 1.54) is 7.11 Å². The molecule has 0 heterocycles. The average Bonchev–Trinajstić information content (AvgIpc) is 2.37. The van der Waals surface area contributed by atoms with Crippen molar-refractivity contribution in [2.24, 2.45) is 0 Å². The fourth-order valence-electron chi connectivity index (χ4n) is 1.80. The lowest BCUT2D eigenvalue weighted by atomic mass is 9.91. The number of methoxy groups -OCH3 is 1. The Balaban J connectivity index is 2.90. The summed E-state index contributed by atoms with van der Waals surface area (Å²) in [6.45, 7) is 0.870. The van der Waals surface area contributed by atoms with Crippen LogP contribution in [-0.4, -0.2) is 38.6 Å². The van der Waals surface area contributed by atoms with Gasteiger partial charge in [0.05, 0.1) is 13.5 Å². The summed E-state index contributed by atoms with van der Waals surface area (Å²) >= 11 is 4.75. The van der Waals surface area contributed by atoms with Crippen molar-refractivity contribution < 1.29 is 9.53 Å². The van der Waals surface area contributed by atoms with Gasteiger partial charge in [0, 0.05) is 4.75 Å². The van der Waals surface area contributed by atoms with Gasteiger partial charge in [-0.3, -0.25) is 4.79 Å². The maximum Gasteiger partial charge on any atom is 0.307 e. The zero-order chi connectivity index (χ0) is 13.6. The largest absolute Gasteiger partial charge is 0.469 e. The van der Waals surface area contributed by atoms with Crippen molar-refractivity contribution in [3.63, 3.8) is 0 Å². The van der Waals surface area contributed by atoms with Crippen LogP contribution in [0, 0.1) is 0 Å². The summed E-state index contributed by atoms with van der Waals surface area (Å²) in [6, 6.07) is 9.90. The molecule has 0 saturated carbocycles. The number of nitrogens with zero attached hydrogens (tertiary/aromatic N) is 1. The standard InChI is InChI=1S/C14H21NO2S/c1-15(2)10-9-14(18,11-13(16)17-3)12-7-5-4-6-8-12/h4-8,18H,9-11H2,1-3H3. The minimum atomic E-state index is -0.474. The number of hydrogen-bond donors (Lipinski definition) is 1. The SMILES string of the molecule is COC(=O)CC(S)(CCN(C)C)c1ccccc1. The third kappa shape index (κ3) is 4.35. The molecule has 0 amide bonds. The van der Waals surface area contributed by atoms with Crippen LogP contribution in [0.4, 0.5) is 0 Å². The fourth-order valence-corrected chi connectivity index (χ4v) is 2.18. The molecule has 0 fully saturated rings. The minimum absolute atomic E-state index is 0.229. The molecule has 0 bridgehead atoms. The Morgan fingerprint density at radius 2 is 1.94 bits per heavy atom. The summed E-state index contributed by atoms with van der Waals surface area (Å²) in [4.78, 5) is 13.6. The van der Waals surface area contributed by atoms with E-state index in [9.17, 15) is 4.79 Å². The summed E-state index contributed by atoms with van der Waals surface area (Å²) in [5.74, 6) is -0.229. The second-order valence-corrected chi connectivity index (χ2v) is 5.56. The highest BCUT2D eigenvalue weighted by Gasteiger charge is 2.31. The predicted octanol–water partition coefficient (Wildman–Crippen LogP) is 2.33. The molecule has 0 N–H and O–H groups in total. The number of hydrogen-bond acceptors (Lipinski definition) is 4. The second kappa shape index (κ2) is 6.81. The van der Waals surface area contributed by atoms with Crippen molar-refractivity contribution in [2.75, 3.05) is 27.7 Å². The van der Waals surface area contributed by atoms with E-state index < -0.39 is 4.75 Å². The third-order valence-electron chi connectivity index (χ3n) is 2.95. The number of thiol groups is 1. The zero-order valence-electron chi connectivity index (χ0n) is 11.2. The van der Waals surface area contributed by atoms with Crippen molar-refractivity contribution in [3.05, 3.63) is 35.9 Å². The Morgan fingerprint density at radius 1 is 1.33 bits per heavy atom. The Bertz CT molecular complexity index is 381. The van der Waals surface area contributed by atoms with E-state index in [2.05, 4.69) is 4.90 Å². The summed E-state index contributed by atoms with van der Waals surface area (Å²) in [7, 11) is 5.43. The smallest absolute Gasteiger partial charge is 0.307 e. The molecular weight excluding hydrogens is 246 g/mol. The van der Waals surface area contributed by atoms with E-state index in [0.29, 0.717) is 0 Å². The van der Waals surface area contributed by atoms with Crippen LogP contribution in [-0.2, 0) is 14.3 Å². The fraction of sp³-hybridized carbons (Fsp3) is 0.500. The number of benzene rings is 1. The third-order valence-corrected chi connectivity index (χ3v) is 3.59. The molecule has 1 atom stereocenters. The van der Waals surface area contributed by atoms with Crippen LogP contribution in [0.1, 0.15) is 18.4 Å². The van der Waals surface area contributed by atoms with Gasteiger partial charge in [0.1, 0.15) is 0 Å². The molecule has 0 aliphatic heterocycles. The Hall–Kier alpha value is -1.00. The van der Waals surface area contributed by atoms with Gasteiger partial charge in [0.15, 0.2) is 0 Å². The van der Waals surface area contributed by atoms with E-state index in [1.807, 2.05) is 44.4 Å². The maximum absolute atomic E-state index is 11.6. The highest BCUT2D eigenvalue weighted by atomic mass is 32.1. The highest BCUT2D eigenvalue weighted by molar-refractivity contribution is 7.81. The number of ether oxygens (including phenoxy) is 1. The lowest BCUT2D eigenvalue weighted by Gasteiger charge is -2.29. The molecule has 0 spiro atoms.